The lowest BCUT2D eigenvalue weighted by Gasteiger charge is -2.35. The number of carbonyl (C=O) groups is 2. The van der Waals surface area contributed by atoms with Gasteiger partial charge in [0, 0.05) is 19.0 Å². The molecule has 1 heterocycles. The smallest absolute Gasteiger partial charge is 0.410 e. The Hall–Kier alpha value is -1.84. The summed E-state index contributed by atoms with van der Waals surface area (Å²) in [6.07, 6.45) is 3.92. The number of benzene rings is 1. The maximum Gasteiger partial charge on any atom is 0.410 e. The van der Waals surface area contributed by atoms with Gasteiger partial charge in [0.2, 0.25) is 0 Å². The molecule has 3 atom stereocenters. The molecule has 2 aliphatic rings. The maximum absolute atomic E-state index is 12.2. The first-order chi connectivity index (χ1) is 10.3. The molecule has 0 aromatic heterocycles. The fourth-order valence-electron chi connectivity index (χ4n) is 3.64. The third-order valence-corrected chi connectivity index (χ3v) is 4.87. The van der Waals surface area contributed by atoms with Crippen LogP contribution in [0.25, 0.3) is 0 Å². The van der Waals surface area contributed by atoms with Crippen molar-refractivity contribution in [2.75, 3.05) is 13.1 Å². The van der Waals surface area contributed by atoms with Gasteiger partial charge < -0.3 is 14.4 Å². The maximum atomic E-state index is 12.2. The van der Waals surface area contributed by atoms with Crippen LogP contribution in [-0.4, -0.2) is 30.4 Å². The monoisotopic (exact) mass is 287 g/mol. The largest absolute Gasteiger partial charge is 0.445 e. The number of amides is 1. The summed E-state index contributed by atoms with van der Waals surface area (Å²) in [7, 11) is 0. The molecule has 1 aliphatic carbocycles. The van der Waals surface area contributed by atoms with Crippen LogP contribution in [0.5, 0.6) is 0 Å². The first kappa shape index (κ1) is 14.1. The van der Waals surface area contributed by atoms with Crippen LogP contribution >= 0.6 is 0 Å². The van der Waals surface area contributed by atoms with Crippen molar-refractivity contribution >= 4 is 12.4 Å². The number of aldehydes is 1. The number of hydrogen-bond acceptors (Lipinski definition) is 3. The van der Waals surface area contributed by atoms with Gasteiger partial charge in [-0.15, -0.1) is 0 Å². The average Bonchev–Trinajstić information content (AvgIpc) is 2.95. The van der Waals surface area contributed by atoms with E-state index in [0.717, 1.165) is 37.7 Å². The minimum absolute atomic E-state index is 0.125. The summed E-state index contributed by atoms with van der Waals surface area (Å²) in [6.45, 7) is 1.73. The number of nitrogens with zero attached hydrogens (tertiary/aromatic N) is 1. The molecule has 0 bridgehead atoms. The quantitative estimate of drug-likeness (QED) is 0.803. The van der Waals surface area contributed by atoms with Crippen molar-refractivity contribution in [3.05, 3.63) is 35.9 Å². The SMILES string of the molecule is O=C[C@@H]1CC[C@H]2CCN(C(=O)OCc3ccccc3)C[C@H]21. The van der Waals surface area contributed by atoms with Gasteiger partial charge in [-0.2, -0.15) is 0 Å². The number of hydrogen-bond donors (Lipinski definition) is 0. The molecule has 0 N–H and O–H groups in total. The van der Waals surface area contributed by atoms with Gasteiger partial charge >= 0.3 is 6.09 Å². The van der Waals surface area contributed by atoms with E-state index in [4.69, 9.17) is 4.74 Å². The van der Waals surface area contributed by atoms with Crippen LogP contribution in [0, 0.1) is 17.8 Å². The normalized spacial score (nSPS) is 28.0. The van der Waals surface area contributed by atoms with E-state index >= 15 is 0 Å². The van der Waals surface area contributed by atoms with Crippen molar-refractivity contribution in [3.63, 3.8) is 0 Å². The third kappa shape index (κ3) is 3.09. The first-order valence-corrected chi connectivity index (χ1v) is 7.69. The molecule has 3 rings (SSSR count). The Labute approximate surface area is 125 Å². The zero-order chi connectivity index (χ0) is 14.7. The highest BCUT2D eigenvalue weighted by molar-refractivity contribution is 5.68. The molecule has 1 amide bonds. The summed E-state index contributed by atoms with van der Waals surface area (Å²) in [5.41, 5.74) is 0.993. The summed E-state index contributed by atoms with van der Waals surface area (Å²) in [4.78, 5) is 25.1. The first-order valence-electron chi connectivity index (χ1n) is 7.69. The highest BCUT2D eigenvalue weighted by atomic mass is 16.6. The van der Waals surface area contributed by atoms with Crippen molar-refractivity contribution in [1.82, 2.24) is 4.90 Å². The van der Waals surface area contributed by atoms with Crippen LogP contribution in [0.15, 0.2) is 30.3 Å². The summed E-state index contributed by atoms with van der Waals surface area (Å²) >= 11 is 0. The molecule has 0 spiro atoms. The molecular formula is C17H21NO3. The molecule has 1 saturated carbocycles. The zero-order valence-corrected chi connectivity index (χ0v) is 12.1. The molecule has 4 nitrogen and oxygen atoms in total. The fraction of sp³-hybridized carbons (Fsp3) is 0.529. The molecule has 1 aliphatic heterocycles. The molecular weight excluding hydrogens is 266 g/mol. The van der Waals surface area contributed by atoms with E-state index in [-0.39, 0.29) is 12.0 Å². The molecule has 112 valence electrons. The number of rotatable bonds is 3. The van der Waals surface area contributed by atoms with E-state index in [0.29, 0.717) is 25.0 Å². The minimum atomic E-state index is -0.256. The number of ether oxygens (including phenoxy) is 1. The second kappa shape index (κ2) is 6.29. The lowest BCUT2D eigenvalue weighted by atomic mass is 9.85. The van der Waals surface area contributed by atoms with E-state index in [1.165, 1.54) is 0 Å². The van der Waals surface area contributed by atoms with Gasteiger partial charge in [-0.05, 0) is 36.7 Å². The Balaban J connectivity index is 1.54. The van der Waals surface area contributed by atoms with Gasteiger partial charge in [0.1, 0.15) is 12.9 Å². The lowest BCUT2D eigenvalue weighted by molar-refractivity contribution is -0.112. The Morgan fingerprint density at radius 2 is 2.05 bits per heavy atom. The van der Waals surface area contributed by atoms with Crippen LogP contribution < -0.4 is 0 Å². The average molecular weight is 287 g/mol. The summed E-state index contributed by atoms with van der Waals surface area (Å²) < 4.78 is 5.38. The van der Waals surface area contributed by atoms with Gasteiger partial charge in [-0.3, -0.25) is 0 Å². The van der Waals surface area contributed by atoms with Crippen LogP contribution in [0.2, 0.25) is 0 Å². The molecule has 21 heavy (non-hydrogen) atoms. The Kier molecular flexibility index (Phi) is 4.23. The number of likely N-dealkylation sites (tertiary alicyclic amines) is 1. The Morgan fingerprint density at radius 1 is 1.24 bits per heavy atom. The van der Waals surface area contributed by atoms with Gasteiger partial charge in [-0.25, -0.2) is 4.79 Å². The lowest BCUT2D eigenvalue weighted by Crippen LogP contribution is -2.44. The summed E-state index contributed by atoms with van der Waals surface area (Å²) in [5, 5.41) is 0. The van der Waals surface area contributed by atoms with Gasteiger partial charge in [0.15, 0.2) is 0 Å². The Morgan fingerprint density at radius 3 is 2.81 bits per heavy atom. The predicted octanol–water partition coefficient (Wildman–Crippen LogP) is 2.87. The van der Waals surface area contributed by atoms with Crippen LogP contribution in [-0.2, 0) is 16.1 Å². The van der Waals surface area contributed by atoms with Crippen LogP contribution in [0.3, 0.4) is 0 Å². The molecule has 1 aromatic rings. The van der Waals surface area contributed by atoms with E-state index in [1.54, 1.807) is 4.90 Å². The van der Waals surface area contributed by atoms with Gasteiger partial charge in [0.05, 0.1) is 0 Å². The van der Waals surface area contributed by atoms with Gasteiger partial charge in [0.25, 0.3) is 0 Å². The zero-order valence-electron chi connectivity index (χ0n) is 12.1. The number of carbonyl (C=O) groups excluding carboxylic acids is 2. The molecule has 1 saturated heterocycles. The topological polar surface area (TPSA) is 46.6 Å². The summed E-state index contributed by atoms with van der Waals surface area (Å²) in [6, 6.07) is 9.69. The van der Waals surface area contributed by atoms with Crippen molar-refractivity contribution in [3.8, 4) is 0 Å². The fourth-order valence-corrected chi connectivity index (χ4v) is 3.64. The van der Waals surface area contributed by atoms with E-state index < -0.39 is 0 Å². The second-order valence-corrected chi connectivity index (χ2v) is 6.08. The van der Waals surface area contributed by atoms with E-state index in [2.05, 4.69) is 0 Å². The number of fused-ring (bicyclic) bond motifs is 1. The van der Waals surface area contributed by atoms with Crippen LogP contribution in [0.4, 0.5) is 4.79 Å². The van der Waals surface area contributed by atoms with Crippen molar-refractivity contribution in [2.24, 2.45) is 17.8 Å². The molecule has 0 unspecified atom stereocenters. The van der Waals surface area contributed by atoms with Crippen molar-refractivity contribution in [2.45, 2.75) is 25.9 Å². The highest BCUT2D eigenvalue weighted by Gasteiger charge is 2.41. The Bertz CT molecular complexity index is 502. The van der Waals surface area contributed by atoms with Crippen LogP contribution in [0.1, 0.15) is 24.8 Å². The number of piperidine rings is 1. The van der Waals surface area contributed by atoms with Crippen molar-refractivity contribution < 1.29 is 14.3 Å². The third-order valence-electron chi connectivity index (χ3n) is 4.87. The second-order valence-electron chi connectivity index (χ2n) is 6.08. The minimum Gasteiger partial charge on any atom is -0.445 e. The molecule has 1 aromatic carbocycles. The van der Waals surface area contributed by atoms with Crippen molar-refractivity contribution in [1.29, 1.82) is 0 Å². The van der Waals surface area contributed by atoms with E-state index in [1.807, 2.05) is 30.3 Å². The molecule has 0 radical (unpaired) electrons. The predicted molar refractivity (Wildman–Crippen MR) is 78.6 cm³/mol. The van der Waals surface area contributed by atoms with E-state index in [9.17, 15) is 9.59 Å². The molecule has 2 fully saturated rings. The highest BCUT2D eigenvalue weighted by Crippen LogP contribution is 2.41. The standard InChI is InChI=1S/C17H21NO3/c19-11-15-7-6-14-8-9-18(10-16(14)15)17(20)21-12-13-4-2-1-3-5-13/h1-5,11,14-16H,6-10,12H2/t14-,15-,16+/m0/s1. The molecule has 4 heteroatoms. The summed E-state index contributed by atoms with van der Waals surface area (Å²) in [5.74, 6) is 1.07. The van der Waals surface area contributed by atoms with Gasteiger partial charge in [-0.1, -0.05) is 30.3 Å².